The minimum absolute atomic E-state index is 0.0253. The van der Waals surface area contributed by atoms with Crippen LogP contribution in [0.1, 0.15) is 110 Å². The van der Waals surface area contributed by atoms with Gasteiger partial charge in [0.05, 0.1) is 6.61 Å². The van der Waals surface area contributed by atoms with E-state index in [-0.39, 0.29) is 19.0 Å². The fourth-order valence-corrected chi connectivity index (χ4v) is 3.45. The quantitative estimate of drug-likeness (QED) is 0.103. The van der Waals surface area contributed by atoms with Crippen molar-refractivity contribution in [3.63, 3.8) is 0 Å². The molecule has 0 rings (SSSR count). The zero-order valence-corrected chi connectivity index (χ0v) is 18.4. The molecule has 0 saturated carbocycles. The fourth-order valence-electron chi connectivity index (χ4n) is 3.00. The second-order valence-electron chi connectivity index (χ2n) is 7.64. The highest BCUT2D eigenvalue weighted by Crippen LogP contribution is 2.49. The lowest BCUT2D eigenvalue weighted by Crippen LogP contribution is -2.28. The Morgan fingerprint density at radius 3 is 1.64 bits per heavy atom. The fraction of sp³-hybridized carbons (Fsp3) is 0.950. The normalized spacial score (nSPS) is 12.3. The number of carbonyl (C=O) groups excluding carboxylic acids is 1. The molecule has 7 nitrogen and oxygen atoms in total. The first kappa shape index (κ1) is 27.5. The first-order valence-electron chi connectivity index (χ1n) is 10.9. The minimum atomic E-state index is -5.01. The molecule has 0 bridgehead atoms. The summed E-state index contributed by atoms with van der Waals surface area (Å²) in [7, 11) is -5.01. The lowest BCUT2D eigenvalue weighted by atomic mass is 10.0. The van der Waals surface area contributed by atoms with Crippen molar-refractivity contribution in [2.75, 3.05) is 6.61 Å². The maximum atomic E-state index is 11.6. The van der Waals surface area contributed by atoms with Gasteiger partial charge in [0.1, 0.15) is 0 Å². The van der Waals surface area contributed by atoms with Crippen molar-refractivity contribution in [1.82, 2.24) is 0 Å². The molecular weight excluding hydrogens is 383 g/mol. The number of unbranched alkanes of at least 4 members (excludes halogenated alkanes) is 12. The van der Waals surface area contributed by atoms with Crippen LogP contribution in [0.25, 0.3) is 0 Å². The molecule has 0 spiro atoms. The molecule has 0 fully saturated rings. The van der Waals surface area contributed by atoms with E-state index in [2.05, 4.69) is 6.92 Å². The van der Waals surface area contributed by atoms with Crippen molar-refractivity contribution in [3.05, 3.63) is 0 Å². The average Bonchev–Trinajstić information content (AvgIpc) is 2.61. The summed E-state index contributed by atoms with van der Waals surface area (Å²) in [5, 5.41) is 18.4. The van der Waals surface area contributed by atoms with Gasteiger partial charge in [0.25, 0.3) is 5.53 Å². The van der Waals surface area contributed by atoms with Crippen LogP contribution in [0, 0.1) is 0 Å². The third kappa shape index (κ3) is 15.5. The monoisotopic (exact) mass is 424 g/mol. The number of esters is 1. The van der Waals surface area contributed by atoms with Gasteiger partial charge in [-0.05, 0) is 12.8 Å². The number of rotatable bonds is 19. The van der Waals surface area contributed by atoms with Crippen LogP contribution >= 0.6 is 7.60 Å². The summed E-state index contributed by atoms with van der Waals surface area (Å²) in [5.74, 6) is -0.360. The number of carbonyl (C=O) groups is 1. The molecule has 0 aromatic carbocycles. The van der Waals surface area contributed by atoms with Crippen LogP contribution in [-0.2, 0) is 14.1 Å². The average molecular weight is 425 g/mol. The summed E-state index contributed by atoms with van der Waals surface area (Å²) in [5.41, 5.74) is -3.06. The first-order chi connectivity index (χ1) is 13.2. The Hall–Kier alpha value is -0.460. The van der Waals surface area contributed by atoms with E-state index in [1.807, 2.05) is 0 Å². The van der Waals surface area contributed by atoms with Gasteiger partial charge in [-0.15, -0.1) is 0 Å². The summed E-state index contributed by atoms with van der Waals surface area (Å²) >= 11 is 0. The van der Waals surface area contributed by atoms with Gasteiger partial charge >= 0.3 is 13.6 Å². The van der Waals surface area contributed by atoms with E-state index >= 15 is 0 Å². The number of ether oxygens (including phenoxy) is 1. The standard InChI is InChI=1S/C20H41O7P/c1-2-3-4-5-6-7-8-9-10-11-12-13-14-16-19(21)27-18-15-17-20(22,23)28(24,25)26/h22-23H,2-18H2,1H3,(H2,24,25,26). The second-order valence-corrected chi connectivity index (χ2v) is 9.44. The minimum Gasteiger partial charge on any atom is -0.466 e. The van der Waals surface area contributed by atoms with Crippen molar-refractivity contribution in [2.45, 2.75) is 115 Å². The summed E-state index contributed by atoms with van der Waals surface area (Å²) in [4.78, 5) is 29.1. The Bertz CT molecular complexity index is 434. The Balaban J connectivity index is 3.39. The molecule has 0 amide bonds. The van der Waals surface area contributed by atoms with Gasteiger partial charge in [-0.2, -0.15) is 0 Å². The largest absolute Gasteiger partial charge is 0.466 e. The van der Waals surface area contributed by atoms with Crippen LogP contribution in [0.15, 0.2) is 0 Å². The zero-order valence-electron chi connectivity index (χ0n) is 17.5. The van der Waals surface area contributed by atoms with Crippen molar-refractivity contribution in [2.24, 2.45) is 0 Å². The molecule has 0 aromatic heterocycles. The van der Waals surface area contributed by atoms with Crippen molar-refractivity contribution >= 4 is 13.6 Å². The van der Waals surface area contributed by atoms with Gasteiger partial charge in [-0.25, -0.2) is 0 Å². The first-order valence-corrected chi connectivity index (χ1v) is 12.5. The maximum absolute atomic E-state index is 11.6. The van der Waals surface area contributed by atoms with Gasteiger partial charge < -0.3 is 24.7 Å². The smallest absolute Gasteiger partial charge is 0.384 e. The summed E-state index contributed by atoms with van der Waals surface area (Å²) < 4.78 is 15.8. The van der Waals surface area contributed by atoms with E-state index in [9.17, 15) is 19.6 Å². The Labute approximate surface area is 170 Å². The van der Waals surface area contributed by atoms with E-state index in [1.54, 1.807) is 0 Å². The molecule has 168 valence electrons. The van der Waals surface area contributed by atoms with Crippen LogP contribution in [0.4, 0.5) is 0 Å². The van der Waals surface area contributed by atoms with E-state index in [0.29, 0.717) is 6.42 Å². The van der Waals surface area contributed by atoms with Crippen LogP contribution in [0.5, 0.6) is 0 Å². The third-order valence-electron chi connectivity index (χ3n) is 4.87. The Kier molecular flexibility index (Phi) is 16.1. The van der Waals surface area contributed by atoms with Crippen molar-refractivity contribution in [1.29, 1.82) is 0 Å². The third-order valence-corrected chi connectivity index (χ3v) is 6.03. The molecule has 0 aliphatic rings. The van der Waals surface area contributed by atoms with Crippen molar-refractivity contribution < 1.29 is 34.1 Å². The number of hydrogen-bond donors (Lipinski definition) is 4. The molecule has 0 aliphatic heterocycles. The molecule has 0 aromatic rings. The van der Waals surface area contributed by atoms with Gasteiger partial charge in [0, 0.05) is 12.8 Å². The molecule has 4 N–H and O–H groups in total. The predicted octanol–water partition coefficient (Wildman–Crippen LogP) is 4.61. The summed E-state index contributed by atoms with van der Waals surface area (Å²) in [6.45, 7) is 2.15. The molecule has 28 heavy (non-hydrogen) atoms. The Morgan fingerprint density at radius 1 is 0.786 bits per heavy atom. The molecule has 8 heteroatoms. The van der Waals surface area contributed by atoms with E-state index in [4.69, 9.17) is 14.5 Å². The Morgan fingerprint density at radius 2 is 1.21 bits per heavy atom. The van der Waals surface area contributed by atoms with E-state index in [1.165, 1.54) is 64.2 Å². The highest BCUT2D eigenvalue weighted by atomic mass is 31.2. The van der Waals surface area contributed by atoms with E-state index in [0.717, 1.165) is 19.3 Å². The molecule has 0 saturated heterocycles. The highest BCUT2D eigenvalue weighted by Gasteiger charge is 2.42. The van der Waals surface area contributed by atoms with E-state index < -0.39 is 19.5 Å². The number of aliphatic hydroxyl groups is 2. The number of hydrogen-bond acceptors (Lipinski definition) is 5. The molecule has 0 atom stereocenters. The lowest BCUT2D eigenvalue weighted by molar-refractivity contribution is -0.145. The second kappa shape index (κ2) is 16.3. The predicted molar refractivity (Wildman–Crippen MR) is 110 cm³/mol. The highest BCUT2D eigenvalue weighted by molar-refractivity contribution is 7.53. The van der Waals surface area contributed by atoms with Gasteiger partial charge in [0.15, 0.2) is 0 Å². The van der Waals surface area contributed by atoms with Gasteiger partial charge in [-0.1, -0.05) is 84.0 Å². The summed E-state index contributed by atoms with van der Waals surface area (Å²) in [6.07, 6.45) is 15.8. The SMILES string of the molecule is CCCCCCCCCCCCCCCC(=O)OCCCC(O)(O)P(=O)(O)O. The topological polar surface area (TPSA) is 124 Å². The van der Waals surface area contributed by atoms with Gasteiger partial charge in [-0.3, -0.25) is 9.36 Å². The van der Waals surface area contributed by atoms with Crippen LogP contribution in [-0.4, -0.2) is 38.1 Å². The van der Waals surface area contributed by atoms with Gasteiger partial charge in [0.2, 0.25) is 0 Å². The molecule has 0 aliphatic carbocycles. The summed E-state index contributed by atoms with van der Waals surface area (Å²) in [6, 6.07) is 0. The molecule has 0 radical (unpaired) electrons. The molecular formula is C20H41O7P. The lowest BCUT2D eigenvalue weighted by Gasteiger charge is -2.22. The molecule has 0 heterocycles. The van der Waals surface area contributed by atoms with Crippen LogP contribution < -0.4 is 0 Å². The van der Waals surface area contributed by atoms with Crippen LogP contribution in [0.2, 0.25) is 0 Å². The van der Waals surface area contributed by atoms with Crippen molar-refractivity contribution in [3.8, 4) is 0 Å². The maximum Gasteiger partial charge on any atom is 0.384 e. The zero-order chi connectivity index (χ0) is 21.3. The van der Waals surface area contributed by atoms with Crippen LogP contribution in [0.3, 0.4) is 0 Å². The molecule has 0 unspecified atom stereocenters.